The summed E-state index contributed by atoms with van der Waals surface area (Å²) < 4.78 is 12.5. The summed E-state index contributed by atoms with van der Waals surface area (Å²) >= 11 is 17.8. The molecule has 0 amide bonds. The number of ether oxygens (including phenoxy) is 2. The number of aliphatic imine (C=N–C) groups is 1. The van der Waals surface area contributed by atoms with Crippen molar-refractivity contribution in [2.45, 2.75) is 38.6 Å². The fourth-order valence-electron chi connectivity index (χ4n) is 4.54. The van der Waals surface area contributed by atoms with Crippen molar-refractivity contribution < 1.29 is 14.8 Å². The lowest BCUT2D eigenvalue weighted by Crippen LogP contribution is -2.77. The number of nitrogens with zero attached hydrogens (tertiary/aromatic N) is 2. The molecule has 0 aromatic heterocycles. The molecule has 0 saturated heterocycles. The Morgan fingerprint density at radius 2 is 1.81 bits per heavy atom. The van der Waals surface area contributed by atoms with Crippen LogP contribution in [0, 0.1) is 0 Å². The van der Waals surface area contributed by atoms with Gasteiger partial charge in [-0.1, -0.05) is 13.0 Å². The molecule has 0 spiro atoms. The molecule has 4 rings (SSSR count). The highest BCUT2D eigenvalue weighted by molar-refractivity contribution is 6.18. The summed E-state index contributed by atoms with van der Waals surface area (Å²) in [5.74, 6) is 4.26. The molecule has 1 aliphatic heterocycles. The van der Waals surface area contributed by atoms with Gasteiger partial charge in [0.15, 0.2) is 11.5 Å². The second-order valence-electron chi connectivity index (χ2n) is 9.00. The van der Waals surface area contributed by atoms with Crippen LogP contribution in [0.4, 0.5) is 11.4 Å². The maximum atomic E-state index is 6.51. The Morgan fingerprint density at radius 3 is 2.53 bits per heavy atom. The van der Waals surface area contributed by atoms with Crippen LogP contribution in [0.25, 0.3) is 10.8 Å². The zero-order valence-electron chi connectivity index (χ0n) is 20.8. The highest BCUT2D eigenvalue weighted by Gasteiger charge is 2.27. The minimum atomic E-state index is 0.125. The number of hydrogen-bond donors (Lipinski definition) is 1. The third-order valence-electron chi connectivity index (χ3n) is 6.33. The first-order chi connectivity index (χ1) is 17.7. The Hall–Kier alpha value is -1.76. The van der Waals surface area contributed by atoms with Crippen molar-refractivity contribution in [3.05, 3.63) is 48.3 Å². The molecule has 2 N–H and O–H groups in total. The zero-order valence-corrected chi connectivity index (χ0v) is 23.1. The smallest absolute Gasteiger partial charge is 0.159 e. The van der Waals surface area contributed by atoms with E-state index in [1.807, 2.05) is 6.07 Å². The fourth-order valence-corrected chi connectivity index (χ4v) is 4.88. The molecule has 0 saturated carbocycles. The van der Waals surface area contributed by atoms with E-state index in [9.17, 15) is 0 Å². The van der Waals surface area contributed by atoms with Crippen LogP contribution in [0.1, 0.15) is 32.6 Å². The Labute approximate surface area is 229 Å². The SMILES string of the molecule is CCC[NH2+]c1cc2c(c3cc(OCCCCl)ccc13)N=C1C=CC(N(CCCCl)CCCCl)C=C1O2. The number of allylic oxidation sites excluding steroid dienone is 1. The third kappa shape index (κ3) is 6.56. The van der Waals surface area contributed by atoms with Crippen molar-refractivity contribution in [1.82, 2.24) is 4.90 Å². The molecule has 2 aliphatic rings. The van der Waals surface area contributed by atoms with Gasteiger partial charge in [-0.15, -0.1) is 34.8 Å². The lowest BCUT2D eigenvalue weighted by molar-refractivity contribution is -0.569. The maximum absolute atomic E-state index is 6.51. The second-order valence-corrected chi connectivity index (χ2v) is 10.1. The summed E-state index contributed by atoms with van der Waals surface area (Å²) in [6, 6.07) is 8.46. The van der Waals surface area contributed by atoms with Gasteiger partial charge in [-0.2, -0.15) is 0 Å². The Morgan fingerprint density at radius 1 is 1.03 bits per heavy atom. The predicted molar refractivity (Wildman–Crippen MR) is 153 cm³/mol. The van der Waals surface area contributed by atoms with Gasteiger partial charge in [-0.3, -0.25) is 4.90 Å². The average molecular weight is 552 g/mol. The monoisotopic (exact) mass is 550 g/mol. The lowest BCUT2D eigenvalue weighted by Gasteiger charge is -2.31. The third-order valence-corrected chi connectivity index (χ3v) is 7.14. The summed E-state index contributed by atoms with van der Waals surface area (Å²) in [6.07, 6.45) is 10.2. The van der Waals surface area contributed by atoms with E-state index in [4.69, 9.17) is 49.3 Å². The molecule has 0 fully saturated rings. The molecule has 1 atom stereocenters. The van der Waals surface area contributed by atoms with Gasteiger partial charge in [0.25, 0.3) is 0 Å². The summed E-state index contributed by atoms with van der Waals surface area (Å²) in [6.45, 7) is 5.60. The van der Waals surface area contributed by atoms with Gasteiger partial charge in [0.1, 0.15) is 22.8 Å². The van der Waals surface area contributed by atoms with Crippen LogP contribution in [-0.4, -0.2) is 60.5 Å². The number of quaternary nitrogens is 1. The molecule has 194 valence electrons. The van der Waals surface area contributed by atoms with Crippen LogP contribution in [0.5, 0.6) is 11.5 Å². The first-order valence-electron chi connectivity index (χ1n) is 12.8. The van der Waals surface area contributed by atoms with Crippen LogP contribution < -0.4 is 14.8 Å². The van der Waals surface area contributed by atoms with Gasteiger partial charge in [0.05, 0.1) is 19.2 Å². The first-order valence-corrected chi connectivity index (χ1v) is 14.4. The van der Waals surface area contributed by atoms with Gasteiger partial charge in [-0.05, 0) is 56.0 Å². The quantitative estimate of drug-likeness (QED) is 0.170. The van der Waals surface area contributed by atoms with Gasteiger partial charge >= 0.3 is 0 Å². The van der Waals surface area contributed by atoms with E-state index in [1.54, 1.807) is 0 Å². The van der Waals surface area contributed by atoms with Crippen LogP contribution in [-0.2, 0) is 0 Å². The molecular weight excluding hydrogens is 517 g/mol. The topological polar surface area (TPSA) is 50.7 Å². The Bertz CT molecular complexity index is 1120. The van der Waals surface area contributed by atoms with Crippen molar-refractivity contribution in [3.63, 3.8) is 0 Å². The Kier molecular flexibility index (Phi) is 10.4. The van der Waals surface area contributed by atoms with E-state index < -0.39 is 0 Å². The number of fused-ring (bicyclic) bond motifs is 4. The van der Waals surface area contributed by atoms with Crippen molar-refractivity contribution in [2.75, 3.05) is 43.9 Å². The molecule has 1 heterocycles. The number of benzene rings is 2. The summed E-state index contributed by atoms with van der Waals surface area (Å²) in [7, 11) is 0. The molecule has 2 aromatic carbocycles. The van der Waals surface area contributed by atoms with Gasteiger partial charge < -0.3 is 14.8 Å². The van der Waals surface area contributed by atoms with Crippen molar-refractivity contribution in [2.24, 2.45) is 4.99 Å². The summed E-state index contributed by atoms with van der Waals surface area (Å²) in [4.78, 5) is 7.46. The fraction of sp³-hybridized carbons (Fsp3) is 0.464. The predicted octanol–water partition coefficient (Wildman–Crippen LogP) is 6.30. The molecule has 5 nitrogen and oxygen atoms in total. The van der Waals surface area contributed by atoms with Crippen LogP contribution in [0.15, 0.2) is 53.2 Å². The van der Waals surface area contributed by atoms with E-state index in [0.717, 1.165) is 90.4 Å². The summed E-state index contributed by atoms with van der Waals surface area (Å²) in [5.41, 5.74) is 2.84. The van der Waals surface area contributed by atoms with Crippen molar-refractivity contribution in [3.8, 4) is 11.5 Å². The minimum absolute atomic E-state index is 0.125. The van der Waals surface area contributed by atoms with Crippen molar-refractivity contribution >= 4 is 62.7 Å². The summed E-state index contributed by atoms with van der Waals surface area (Å²) in [5, 5.41) is 4.46. The van der Waals surface area contributed by atoms with Crippen LogP contribution >= 0.6 is 34.8 Å². The zero-order chi connectivity index (χ0) is 25.3. The normalized spacial score (nSPS) is 16.4. The Balaban J connectivity index is 1.69. The minimum Gasteiger partial charge on any atom is -0.494 e. The van der Waals surface area contributed by atoms with E-state index in [-0.39, 0.29) is 6.04 Å². The standard InChI is InChI=1S/C28H34Cl3N3O2/c1-2-13-32-25-19-27-28(23-18-21(7-8-22(23)25)35-16-5-12-31)33-24-9-6-20(17-26(24)36-27)34(14-3-10-29)15-4-11-30/h6-9,17-20,32H,2-5,10-16H2,1H3/p+1. The second kappa shape index (κ2) is 13.7. The molecule has 8 heteroatoms. The van der Waals surface area contributed by atoms with Crippen LogP contribution in [0.3, 0.4) is 0 Å². The highest BCUT2D eigenvalue weighted by atomic mass is 35.5. The van der Waals surface area contributed by atoms with Gasteiger partial charge in [-0.25, -0.2) is 4.99 Å². The van der Waals surface area contributed by atoms with Gasteiger partial charge in [0.2, 0.25) is 0 Å². The first kappa shape index (κ1) is 27.3. The largest absolute Gasteiger partial charge is 0.494 e. The van der Waals surface area contributed by atoms with E-state index in [1.165, 1.54) is 0 Å². The molecule has 36 heavy (non-hydrogen) atoms. The van der Waals surface area contributed by atoms with Crippen molar-refractivity contribution in [1.29, 1.82) is 0 Å². The number of rotatable bonds is 14. The van der Waals surface area contributed by atoms with E-state index >= 15 is 0 Å². The molecule has 2 aromatic rings. The highest BCUT2D eigenvalue weighted by Crippen LogP contribution is 2.44. The molecule has 0 radical (unpaired) electrons. The average Bonchev–Trinajstić information content (AvgIpc) is 2.90. The molecule has 0 bridgehead atoms. The van der Waals surface area contributed by atoms with E-state index in [2.05, 4.69) is 53.6 Å². The lowest BCUT2D eigenvalue weighted by atomic mass is 10.0. The molecule has 1 unspecified atom stereocenters. The number of nitrogens with two attached hydrogens (primary N) is 1. The number of halogens is 3. The molecular formula is C28H35Cl3N3O2+. The molecule has 1 aliphatic carbocycles. The van der Waals surface area contributed by atoms with Crippen LogP contribution in [0.2, 0.25) is 0 Å². The van der Waals surface area contributed by atoms with Gasteiger partial charge in [0, 0.05) is 47.6 Å². The van der Waals surface area contributed by atoms with E-state index in [0.29, 0.717) is 24.2 Å². The maximum Gasteiger partial charge on any atom is 0.159 e. The number of alkyl halides is 3. The number of hydrogen-bond acceptors (Lipinski definition) is 4.